The number of amides is 2. The average Bonchev–Trinajstić information content (AvgIpc) is 2.92. The number of fused-ring (bicyclic) bond motifs is 1. The number of nitrogens with two attached hydrogens (primary N) is 1. The largest absolute Gasteiger partial charge is 0.444 e. The monoisotopic (exact) mass is 560 g/mol. The molecule has 1 aliphatic rings. The normalized spacial score (nSPS) is 13.2. The number of primary amides is 1. The molecule has 0 saturated carbocycles. The molecule has 216 valence electrons. The van der Waals surface area contributed by atoms with Crippen molar-refractivity contribution in [2.45, 2.75) is 45.8 Å². The van der Waals surface area contributed by atoms with Crippen LogP contribution in [-0.4, -0.2) is 48.3 Å². The van der Waals surface area contributed by atoms with E-state index < -0.39 is 29.5 Å². The number of nitrogens with one attached hydrogen (secondary N) is 3. The molecule has 1 atom stereocenters. The molecule has 2 heterocycles. The number of ether oxygens (including phenoxy) is 1. The first-order valence-corrected chi connectivity index (χ1v) is 13.6. The average molecular weight is 561 g/mol. The van der Waals surface area contributed by atoms with Gasteiger partial charge in [-0.05, 0) is 69.5 Å². The Labute approximate surface area is 240 Å². The molecule has 0 unspecified atom stereocenters. The van der Waals surface area contributed by atoms with Crippen LogP contribution in [0.15, 0.2) is 60.7 Å². The number of carbonyl (C=O) groups is 2. The third-order valence-corrected chi connectivity index (χ3v) is 6.43. The van der Waals surface area contributed by atoms with Crippen molar-refractivity contribution in [3.8, 4) is 0 Å². The number of hydrogen-bond acceptors (Lipinski definition) is 7. The number of halogens is 1. The lowest BCUT2D eigenvalue weighted by molar-refractivity contribution is 0.0525. The Bertz CT molecular complexity index is 1420. The molecule has 0 saturated heterocycles. The zero-order valence-electron chi connectivity index (χ0n) is 23.8. The molecule has 1 aromatic heterocycles. The van der Waals surface area contributed by atoms with Crippen molar-refractivity contribution in [2.75, 3.05) is 35.2 Å². The topological polar surface area (TPSA) is 122 Å². The van der Waals surface area contributed by atoms with E-state index >= 15 is 4.39 Å². The van der Waals surface area contributed by atoms with E-state index in [0.29, 0.717) is 12.1 Å². The maximum Gasteiger partial charge on any atom is 0.407 e. The van der Waals surface area contributed by atoms with Crippen molar-refractivity contribution in [1.82, 2.24) is 10.3 Å². The Balaban J connectivity index is 1.60. The van der Waals surface area contributed by atoms with Crippen LogP contribution in [-0.2, 0) is 11.2 Å². The molecular weight excluding hydrogens is 523 g/mol. The fraction of sp³-hybridized carbons (Fsp3) is 0.323. The summed E-state index contributed by atoms with van der Waals surface area (Å²) in [6.45, 7) is 9.27. The van der Waals surface area contributed by atoms with Gasteiger partial charge in [-0.3, -0.25) is 4.79 Å². The second-order valence-electron chi connectivity index (χ2n) is 10.8. The molecule has 10 heteroatoms. The number of carbonyl (C=O) groups excluding carboxylic acids is 2. The summed E-state index contributed by atoms with van der Waals surface area (Å²) in [6, 6.07) is 16.0. The van der Waals surface area contributed by atoms with Gasteiger partial charge in [0.1, 0.15) is 11.4 Å². The van der Waals surface area contributed by atoms with Crippen LogP contribution in [0.25, 0.3) is 6.08 Å². The standard InChI is InChI=1S/C31H37FN6O3/c1-5-38-15-9-12-21-17-22(13-14-26(21)38)35-28-24(27(33)39)18-25(32)29(37-28)36-23(16-20-10-7-6-8-11-20)19-34-30(40)41-31(2,3)4/h6-14,17-18,23H,5,15-16,19H2,1-4H3,(H2,33,39)(H,34,40)(H2,35,36,37)/t23-/m1/s1. The number of likely N-dealkylation sites (N-methyl/N-ethyl adjacent to an activating group) is 1. The summed E-state index contributed by atoms with van der Waals surface area (Å²) < 4.78 is 20.6. The minimum Gasteiger partial charge on any atom is -0.444 e. The highest BCUT2D eigenvalue weighted by molar-refractivity contribution is 5.98. The Morgan fingerprint density at radius 2 is 1.88 bits per heavy atom. The van der Waals surface area contributed by atoms with Crippen LogP contribution in [0.2, 0.25) is 0 Å². The van der Waals surface area contributed by atoms with E-state index in [1.54, 1.807) is 20.8 Å². The molecule has 5 N–H and O–H groups in total. The van der Waals surface area contributed by atoms with E-state index in [4.69, 9.17) is 10.5 Å². The molecule has 0 bridgehead atoms. The number of benzene rings is 2. The number of nitrogens with zero attached hydrogens (tertiary/aromatic N) is 2. The lowest BCUT2D eigenvalue weighted by Crippen LogP contribution is -2.40. The molecule has 0 aliphatic carbocycles. The molecular formula is C31H37FN6O3. The maximum atomic E-state index is 15.3. The van der Waals surface area contributed by atoms with Gasteiger partial charge < -0.3 is 31.3 Å². The molecule has 41 heavy (non-hydrogen) atoms. The van der Waals surface area contributed by atoms with Crippen molar-refractivity contribution in [1.29, 1.82) is 0 Å². The molecule has 3 aromatic rings. The third-order valence-electron chi connectivity index (χ3n) is 6.43. The van der Waals surface area contributed by atoms with Crippen molar-refractivity contribution in [3.63, 3.8) is 0 Å². The Kier molecular flexibility index (Phi) is 9.11. The van der Waals surface area contributed by atoms with Crippen molar-refractivity contribution in [3.05, 3.63) is 83.2 Å². The fourth-order valence-electron chi connectivity index (χ4n) is 4.56. The van der Waals surface area contributed by atoms with Gasteiger partial charge in [0.05, 0.1) is 5.56 Å². The van der Waals surface area contributed by atoms with E-state index in [2.05, 4.69) is 38.8 Å². The predicted octanol–water partition coefficient (Wildman–Crippen LogP) is 5.46. The van der Waals surface area contributed by atoms with Crippen LogP contribution < -0.4 is 26.6 Å². The van der Waals surface area contributed by atoms with E-state index in [1.807, 2.05) is 54.6 Å². The van der Waals surface area contributed by atoms with Gasteiger partial charge in [0.25, 0.3) is 5.91 Å². The van der Waals surface area contributed by atoms with Gasteiger partial charge in [0, 0.05) is 37.1 Å². The Hall–Kier alpha value is -4.60. The summed E-state index contributed by atoms with van der Waals surface area (Å²) in [5, 5.41) is 8.99. The van der Waals surface area contributed by atoms with Gasteiger partial charge in [-0.2, -0.15) is 0 Å². The third kappa shape index (κ3) is 7.97. The second kappa shape index (κ2) is 12.7. The zero-order chi connectivity index (χ0) is 29.6. The molecule has 9 nitrogen and oxygen atoms in total. The van der Waals surface area contributed by atoms with Crippen molar-refractivity contribution in [2.24, 2.45) is 5.73 Å². The Morgan fingerprint density at radius 1 is 1.12 bits per heavy atom. The van der Waals surface area contributed by atoms with Crippen LogP contribution >= 0.6 is 0 Å². The van der Waals surface area contributed by atoms with Crippen LogP contribution in [0.1, 0.15) is 49.2 Å². The molecule has 1 aliphatic heterocycles. The van der Waals surface area contributed by atoms with E-state index in [9.17, 15) is 9.59 Å². The first-order chi connectivity index (χ1) is 19.5. The Morgan fingerprint density at radius 3 is 2.56 bits per heavy atom. The molecule has 0 radical (unpaired) electrons. The highest BCUT2D eigenvalue weighted by Crippen LogP contribution is 2.31. The van der Waals surface area contributed by atoms with Crippen molar-refractivity contribution >= 4 is 41.1 Å². The van der Waals surface area contributed by atoms with Gasteiger partial charge in [-0.25, -0.2) is 14.2 Å². The summed E-state index contributed by atoms with van der Waals surface area (Å²) in [6.07, 6.45) is 4.00. The highest BCUT2D eigenvalue weighted by Gasteiger charge is 2.22. The quantitative estimate of drug-likeness (QED) is 0.260. The maximum absolute atomic E-state index is 15.3. The van der Waals surface area contributed by atoms with E-state index in [-0.39, 0.29) is 23.7 Å². The second-order valence-corrected chi connectivity index (χ2v) is 10.8. The summed E-state index contributed by atoms with van der Waals surface area (Å²) in [4.78, 5) is 31.2. The van der Waals surface area contributed by atoms with Crippen LogP contribution in [0, 0.1) is 5.82 Å². The number of alkyl carbamates (subject to hydrolysis) is 1. The summed E-state index contributed by atoms with van der Waals surface area (Å²) >= 11 is 0. The number of rotatable bonds is 10. The number of anilines is 4. The van der Waals surface area contributed by atoms with Gasteiger partial charge in [0.2, 0.25) is 0 Å². The van der Waals surface area contributed by atoms with Gasteiger partial charge in [0.15, 0.2) is 11.6 Å². The molecule has 4 rings (SSSR count). The fourth-order valence-corrected chi connectivity index (χ4v) is 4.56. The molecule has 2 amide bonds. The van der Waals surface area contributed by atoms with Crippen LogP contribution in [0.4, 0.5) is 32.2 Å². The van der Waals surface area contributed by atoms with Crippen LogP contribution in [0.3, 0.4) is 0 Å². The first kappa shape index (κ1) is 29.4. The molecule has 0 spiro atoms. The number of hydrogen-bond donors (Lipinski definition) is 4. The first-order valence-electron chi connectivity index (χ1n) is 13.6. The van der Waals surface area contributed by atoms with Crippen molar-refractivity contribution < 1.29 is 18.7 Å². The molecule has 0 fully saturated rings. The summed E-state index contributed by atoms with van der Waals surface area (Å²) in [7, 11) is 0. The lowest BCUT2D eigenvalue weighted by Gasteiger charge is -2.27. The van der Waals surface area contributed by atoms with Gasteiger partial charge in [-0.15, -0.1) is 0 Å². The minimum absolute atomic E-state index is 0.0806. The zero-order valence-corrected chi connectivity index (χ0v) is 23.8. The minimum atomic E-state index is -0.812. The summed E-state index contributed by atoms with van der Waals surface area (Å²) in [5.74, 6) is -1.52. The van der Waals surface area contributed by atoms with Gasteiger partial charge >= 0.3 is 6.09 Å². The summed E-state index contributed by atoms with van der Waals surface area (Å²) in [5.41, 5.74) is 8.61. The smallest absolute Gasteiger partial charge is 0.407 e. The predicted molar refractivity (Wildman–Crippen MR) is 161 cm³/mol. The molecule has 2 aromatic carbocycles. The van der Waals surface area contributed by atoms with Gasteiger partial charge in [-0.1, -0.05) is 42.5 Å². The number of pyridine rings is 1. The SMILES string of the molecule is CCN1CC=Cc2cc(Nc3nc(N[C@@H](CNC(=O)OC(C)(C)C)Cc4ccccc4)c(F)cc3C(N)=O)ccc21. The van der Waals surface area contributed by atoms with Crippen LogP contribution in [0.5, 0.6) is 0 Å². The lowest BCUT2D eigenvalue weighted by atomic mass is 10.1. The highest BCUT2D eigenvalue weighted by atomic mass is 19.1. The van der Waals surface area contributed by atoms with E-state index in [1.165, 1.54) is 0 Å². The number of aromatic nitrogens is 1. The van der Waals surface area contributed by atoms with E-state index in [0.717, 1.165) is 36.0 Å².